The molecule has 0 radical (unpaired) electrons. The molecule has 1 aliphatic rings. The van der Waals surface area contributed by atoms with E-state index < -0.39 is 16.0 Å². The van der Waals surface area contributed by atoms with Crippen molar-refractivity contribution in [2.75, 3.05) is 13.2 Å². The van der Waals surface area contributed by atoms with Gasteiger partial charge in [-0.15, -0.1) is 0 Å². The summed E-state index contributed by atoms with van der Waals surface area (Å²) in [5, 5.41) is -0.386. The van der Waals surface area contributed by atoms with Crippen LogP contribution in [0.5, 0.6) is 11.5 Å². The molecule has 0 bridgehead atoms. The summed E-state index contributed by atoms with van der Waals surface area (Å²) in [5.74, 6) is 0.340. The fourth-order valence-electron chi connectivity index (χ4n) is 3.27. The molecule has 4 rings (SSSR count). The number of aryl methyl sites for hydroxylation is 2. The smallest absolute Gasteiger partial charge is 0.339 e. The fourth-order valence-corrected chi connectivity index (χ4v) is 5.06. The molecule has 1 aliphatic heterocycles. The minimum Gasteiger partial charge on any atom is -0.492 e. The number of hydrogen-bond acceptors (Lipinski definition) is 7. The molecule has 2 amide bonds. The van der Waals surface area contributed by atoms with Crippen molar-refractivity contribution in [1.29, 1.82) is 0 Å². The van der Waals surface area contributed by atoms with Crippen molar-refractivity contribution in [1.82, 2.24) is 4.90 Å². The maximum atomic E-state index is 12.8. The molecule has 180 valence electrons. The number of ether oxygens (including phenoxy) is 1. The Hall–Kier alpha value is -3.56. The minimum absolute atomic E-state index is 0.0440. The van der Waals surface area contributed by atoms with Crippen molar-refractivity contribution >= 4 is 39.1 Å². The summed E-state index contributed by atoms with van der Waals surface area (Å²) in [5.41, 5.74) is 2.57. The number of benzene rings is 3. The van der Waals surface area contributed by atoms with Gasteiger partial charge in [0, 0.05) is 0 Å². The average molecular weight is 510 g/mol. The number of rotatable bonds is 8. The van der Waals surface area contributed by atoms with Crippen molar-refractivity contribution < 1.29 is 26.9 Å². The molecule has 9 heteroatoms. The highest BCUT2D eigenvalue weighted by molar-refractivity contribution is 8.18. The van der Waals surface area contributed by atoms with E-state index in [2.05, 4.69) is 0 Å². The second-order valence-electron chi connectivity index (χ2n) is 7.92. The molecule has 3 aromatic rings. The van der Waals surface area contributed by atoms with Crippen molar-refractivity contribution in [3.05, 3.63) is 94.4 Å². The van der Waals surface area contributed by atoms with Crippen LogP contribution in [0.3, 0.4) is 0 Å². The highest BCUT2D eigenvalue weighted by Gasteiger charge is 2.34. The summed E-state index contributed by atoms with van der Waals surface area (Å²) < 4.78 is 36.0. The Kier molecular flexibility index (Phi) is 7.28. The zero-order chi connectivity index (χ0) is 25.0. The van der Waals surface area contributed by atoms with Gasteiger partial charge >= 0.3 is 10.1 Å². The first-order valence-corrected chi connectivity index (χ1v) is 13.0. The van der Waals surface area contributed by atoms with Gasteiger partial charge in [0.25, 0.3) is 11.1 Å². The number of carbonyl (C=O) groups excluding carboxylic acids is 2. The molecule has 0 saturated carbocycles. The predicted molar refractivity (Wildman–Crippen MR) is 135 cm³/mol. The summed E-state index contributed by atoms with van der Waals surface area (Å²) >= 11 is 0.826. The van der Waals surface area contributed by atoms with Crippen LogP contribution < -0.4 is 8.92 Å². The van der Waals surface area contributed by atoms with Crippen LogP contribution >= 0.6 is 11.8 Å². The van der Waals surface area contributed by atoms with Gasteiger partial charge < -0.3 is 8.92 Å². The Labute approximate surface area is 208 Å². The summed E-state index contributed by atoms with van der Waals surface area (Å²) in [4.78, 5) is 26.6. The first kappa shape index (κ1) is 24.6. The Morgan fingerprint density at radius 1 is 0.886 bits per heavy atom. The lowest BCUT2D eigenvalue weighted by atomic mass is 10.2. The third kappa shape index (κ3) is 6.12. The predicted octanol–water partition coefficient (Wildman–Crippen LogP) is 5.19. The van der Waals surface area contributed by atoms with E-state index in [1.54, 1.807) is 24.3 Å². The van der Waals surface area contributed by atoms with E-state index >= 15 is 0 Å². The van der Waals surface area contributed by atoms with Crippen LogP contribution in [0.1, 0.15) is 16.7 Å². The number of amides is 2. The van der Waals surface area contributed by atoms with Crippen LogP contribution in [0.25, 0.3) is 6.08 Å². The number of hydrogen-bond donors (Lipinski definition) is 0. The van der Waals surface area contributed by atoms with Crippen LogP contribution in [-0.4, -0.2) is 37.6 Å². The fraction of sp³-hybridized carbons (Fsp3) is 0.154. The van der Waals surface area contributed by atoms with Gasteiger partial charge in [0.05, 0.1) is 11.4 Å². The minimum atomic E-state index is -4.01. The van der Waals surface area contributed by atoms with E-state index in [1.807, 2.05) is 38.1 Å². The molecule has 0 spiro atoms. The second-order valence-corrected chi connectivity index (χ2v) is 10.5. The van der Waals surface area contributed by atoms with E-state index in [9.17, 15) is 18.0 Å². The summed E-state index contributed by atoms with van der Waals surface area (Å²) in [6.07, 6.45) is 1.54. The molecule has 3 aromatic carbocycles. The summed E-state index contributed by atoms with van der Waals surface area (Å²) in [6, 6.07) is 20.2. The van der Waals surface area contributed by atoms with E-state index in [1.165, 1.54) is 30.3 Å². The van der Waals surface area contributed by atoms with Crippen molar-refractivity contribution in [3.8, 4) is 11.5 Å². The topological polar surface area (TPSA) is 90.0 Å². The summed E-state index contributed by atoms with van der Waals surface area (Å²) in [7, 11) is -4.01. The number of nitrogens with zero attached hydrogens (tertiary/aromatic N) is 1. The average Bonchev–Trinajstić information content (AvgIpc) is 3.08. The van der Waals surface area contributed by atoms with E-state index in [-0.39, 0.29) is 33.9 Å². The van der Waals surface area contributed by atoms with Crippen molar-refractivity contribution in [2.45, 2.75) is 18.7 Å². The monoisotopic (exact) mass is 509 g/mol. The van der Waals surface area contributed by atoms with Gasteiger partial charge in [-0.2, -0.15) is 8.42 Å². The SMILES string of the molecule is Cc1ccc(OCCN2C(=O)S/C(=C\c3cccc(OS(=O)(=O)c4ccc(C)cc4)c3)C2=O)cc1. The normalized spacial score (nSPS) is 15.0. The van der Waals surface area contributed by atoms with E-state index in [4.69, 9.17) is 8.92 Å². The highest BCUT2D eigenvalue weighted by atomic mass is 32.2. The number of carbonyl (C=O) groups is 2. The van der Waals surface area contributed by atoms with Crippen LogP contribution in [0, 0.1) is 13.8 Å². The van der Waals surface area contributed by atoms with E-state index in [0.717, 1.165) is 27.8 Å². The number of thioether (sulfide) groups is 1. The molecule has 0 aromatic heterocycles. The Morgan fingerprint density at radius 2 is 1.54 bits per heavy atom. The van der Waals surface area contributed by atoms with Crippen LogP contribution in [-0.2, 0) is 14.9 Å². The molecule has 1 heterocycles. The zero-order valence-electron chi connectivity index (χ0n) is 19.1. The molecule has 7 nitrogen and oxygen atoms in total. The second kappa shape index (κ2) is 10.4. The molecule has 0 N–H and O–H groups in total. The van der Waals surface area contributed by atoms with Crippen LogP contribution in [0.2, 0.25) is 0 Å². The van der Waals surface area contributed by atoms with Gasteiger partial charge in [-0.1, -0.05) is 47.5 Å². The van der Waals surface area contributed by atoms with Gasteiger partial charge in [-0.05, 0) is 73.6 Å². The lowest BCUT2D eigenvalue weighted by Gasteiger charge is -2.13. The standard InChI is InChI=1S/C26H23NO6S2/c1-18-6-10-21(11-7-18)32-15-14-27-25(28)24(34-26(27)29)17-20-4-3-5-22(16-20)33-35(30,31)23-12-8-19(2)9-13-23/h3-13,16-17H,14-15H2,1-2H3/b24-17-. The Balaban J connectivity index is 1.42. The molecule has 0 unspecified atom stereocenters. The first-order chi connectivity index (χ1) is 16.7. The van der Waals surface area contributed by atoms with Crippen molar-refractivity contribution in [3.63, 3.8) is 0 Å². The lowest BCUT2D eigenvalue weighted by Crippen LogP contribution is -2.32. The number of imide groups is 1. The molecule has 35 heavy (non-hydrogen) atoms. The summed E-state index contributed by atoms with van der Waals surface area (Å²) in [6.45, 7) is 4.13. The third-order valence-electron chi connectivity index (χ3n) is 5.15. The molecule has 1 fully saturated rings. The largest absolute Gasteiger partial charge is 0.492 e. The maximum absolute atomic E-state index is 12.8. The van der Waals surface area contributed by atoms with Gasteiger partial charge in [-0.25, -0.2) is 0 Å². The van der Waals surface area contributed by atoms with Crippen molar-refractivity contribution in [2.24, 2.45) is 0 Å². The zero-order valence-corrected chi connectivity index (χ0v) is 20.8. The molecule has 1 saturated heterocycles. The van der Waals surface area contributed by atoms with Gasteiger partial charge in [0.15, 0.2) is 0 Å². The highest BCUT2D eigenvalue weighted by Crippen LogP contribution is 2.32. The third-order valence-corrected chi connectivity index (χ3v) is 7.32. The van der Waals surface area contributed by atoms with Crippen LogP contribution in [0.15, 0.2) is 82.6 Å². The van der Waals surface area contributed by atoms with Gasteiger partial charge in [0.1, 0.15) is 23.0 Å². The molecular formula is C26H23NO6S2. The molecular weight excluding hydrogens is 486 g/mol. The van der Waals surface area contributed by atoms with E-state index in [0.29, 0.717) is 11.3 Å². The Morgan fingerprint density at radius 3 is 2.23 bits per heavy atom. The van der Waals surface area contributed by atoms with Gasteiger partial charge in [-0.3, -0.25) is 14.5 Å². The molecule has 0 aliphatic carbocycles. The molecule has 0 atom stereocenters. The lowest BCUT2D eigenvalue weighted by molar-refractivity contribution is -0.123. The van der Waals surface area contributed by atoms with Crippen LogP contribution in [0.4, 0.5) is 4.79 Å². The first-order valence-electron chi connectivity index (χ1n) is 10.8. The van der Waals surface area contributed by atoms with Gasteiger partial charge in [0.2, 0.25) is 0 Å². The quantitative estimate of drug-likeness (QED) is 0.305. The maximum Gasteiger partial charge on any atom is 0.339 e. The Bertz CT molecular complexity index is 1380.